The van der Waals surface area contributed by atoms with E-state index in [4.69, 9.17) is 9.84 Å². The van der Waals surface area contributed by atoms with Gasteiger partial charge in [-0.2, -0.15) is 0 Å². The van der Waals surface area contributed by atoms with Gasteiger partial charge in [0.15, 0.2) is 0 Å². The second-order valence-electron chi connectivity index (χ2n) is 7.18. The number of unbranched alkanes of at least 4 members (excludes halogenated alkanes) is 4. The zero-order valence-corrected chi connectivity index (χ0v) is 15.8. The molecule has 1 heterocycles. The minimum Gasteiger partial charge on any atom is -0.481 e. The molecule has 1 aliphatic heterocycles. The van der Waals surface area contributed by atoms with Gasteiger partial charge in [-0.25, -0.2) is 0 Å². The molecule has 5 nitrogen and oxygen atoms in total. The molecule has 2 N–H and O–H groups in total. The van der Waals surface area contributed by atoms with Gasteiger partial charge in [0, 0.05) is 26.2 Å². The monoisotopic (exact) mass is 361 g/mol. The molecule has 0 spiro atoms. The Labute approximate surface area is 156 Å². The molecule has 0 aromatic heterocycles. The molecule has 0 saturated carbocycles. The molecule has 1 fully saturated rings. The van der Waals surface area contributed by atoms with Gasteiger partial charge in [0.1, 0.15) is 0 Å². The first kappa shape index (κ1) is 20.4. The van der Waals surface area contributed by atoms with Crippen LogP contribution in [-0.4, -0.2) is 36.7 Å². The van der Waals surface area contributed by atoms with Crippen molar-refractivity contribution in [1.29, 1.82) is 0 Å². The Hall–Kier alpha value is -1.88. The number of hydrogen-bond acceptors (Lipinski definition) is 3. The van der Waals surface area contributed by atoms with E-state index in [1.165, 1.54) is 0 Å². The Morgan fingerprint density at radius 3 is 2.42 bits per heavy atom. The number of rotatable bonds is 10. The van der Waals surface area contributed by atoms with Gasteiger partial charge in [-0.1, -0.05) is 43.5 Å². The predicted octanol–water partition coefficient (Wildman–Crippen LogP) is 3.58. The molecule has 0 unspecified atom stereocenters. The Morgan fingerprint density at radius 2 is 1.73 bits per heavy atom. The topological polar surface area (TPSA) is 75.6 Å². The maximum atomic E-state index is 13.1. The highest BCUT2D eigenvalue weighted by Crippen LogP contribution is 2.36. The first-order chi connectivity index (χ1) is 12.6. The molecule has 0 atom stereocenters. The van der Waals surface area contributed by atoms with Crippen molar-refractivity contribution in [3.05, 3.63) is 35.4 Å². The molecule has 144 valence electrons. The van der Waals surface area contributed by atoms with E-state index in [0.717, 1.165) is 56.1 Å². The lowest BCUT2D eigenvalue weighted by Crippen LogP contribution is -2.48. The molecule has 5 heteroatoms. The van der Waals surface area contributed by atoms with Crippen LogP contribution in [0.2, 0.25) is 0 Å². The molecule has 0 aliphatic carbocycles. The molecule has 1 saturated heterocycles. The Balaban J connectivity index is 1.83. The maximum Gasteiger partial charge on any atom is 0.303 e. The average molecular weight is 361 g/mol. The van der Waals surface area contributed by atoms with E-state index < -0.39 is 11.4 Å². The van der Waals surface area contributed by atoms with Crippen molar-refractivity contribution >= 4 is 11.9 Å². The lowest BCUT2D eigenvalue weighted by atomic mass is 9.72. The van der Waals surface area contributed by atoms with Crippen LogP contribution in [0.3, 0.4) is 0 Å². The number of amides is 1. The third kappa shape index (κ3) is 5.56. The number of aliphatic carboxylic acids is 1. The normalized spacial score (nSPS) is 16.2. The molecule has 1 aromatic rings. The summed E-state index contributed by atoms with van der Waals surface area (Å²) in [5.41, 5.74) is 1.79. The standard InChI is InChI=1S/C21H31NO4/c1-17-9-6-7-10-18(17)21(12-15-26-16-13-21)20(25)22-14-8-4-2-3-5-11-19(23)24/h6-7,9-10H,2-5,8,11-16H2,1H3,(H,22,25)(H,23,24). The van der Waals surface area contributed by atoms with Crippen LogP contribution in [0, 0.1) is 6.92 Å². The van der Waals surface area contributed by atoms with Crippen LogP contribution in [0.5, 0.6) is 0 Å². The number of aryl methyl sites for hydroxylation is 1. The minimum absolute atomic E-state index is 0.112. The summed E-state index contributed by atoms with van der Waals surface area (Å²) in [6.07, 6.45) is 6.32. The summed E-state index contributed by atoms with van der Waals surface area (Å²) in [7, 11) is 0. The van der Waals surface area contributed by atoms with E-state index in [1.54, 1.807) is 0 Å². The SMILES string of the molecule is Cc1ccccc1C1(C(=O)NCCCCCCCC(=O)O)CCOCC1. The highest BCUT2D eigenvalue weighted by Gasteiger charge is 2.42. The summed E-state index contributed by atoms with van der Waals surface area (Å²) in [6, 6.07) is 8.15. The van der Waals surface area contributed by atoms with Crippen LogP contribution in [-0.2, 0) is 19.7 Å². The Morgan fingerprint density at radius 1 is 1.08 bits per heavy atom. The second-order valence-corrected chi connectivity index (χ2v) is 7.18. The minimum atomic E-state index is -0.727. The van der Waals surface area contributed by atoms with Crippen molar-refractivity contribution in [2.75, 3.05) is 19.8 Å². The lowest BCUT2D eigenvalue weighted by Gasteiger charge is -2.37. The highest BCUT2D eigenvalue weighted by molar-refractivity contribution is 5.88. The zero-order chi connectivity index (χ0) is 18.8. The van der Waals surface area contributed by atoms with Crippen LogP contribution < -0.4 is 5.32 Å². The van der Waals surface area contributed by atoms with Crippen molar-refractivity contribution in [2.24, 2.45) is 0 Å². The van der Waals surface area contributed by atoms with E-state index in [0.29, 0.717) is 19.8 Å². The highest BCUT2D eigenvalue weighted by atomic mass is 16.5. The Kier molecular flexibility index (Phi) is 8.10. The van der Waals surface area contributed by atoms with Crippen LogP contribution in [0.15, 0.2) is 24.3 Å². The summed E-state index contributed by atoms with van der Waals surface area (Å²) in [6.45, 7) is 3.97. The van der Waals surface area contributed by atoms with Crippen LogP contribution in [0.1, 0.15) is 62.5 Å². The molecular weight excluding hydrogens is 330 g/mol. The summed E-state index contributed by atoms with van der Waals surface area (Å²) < 4.78 is 5.51. The number of benzene rings is 1. The van der Waals surface area contributed by atoms with Crippen molar-refractivity contribution in [3.8, 4) is 0 Å². The third-order valence-electron chi connectivity index (χ3n) is 5.29. The number of carbonyl (C=O) groups excluding carboxylic acids is 1. The fourth-order valence-electron chi connectivity index (χ4n) is 3.75. The fraction of sp³-hybridized carbons (Fsp3) is 0.619. The number of carbonyl (C=O) groups is 2. The first-order valence-corrected chi connectivity index (χ1v) is 9.70. The van der Waals surface area contributed by atoms with E-state index >= 15 is 0 Å². The van der Waals surface area contributed by atoms with E-state index in [-0.39, 0.29) is 12.3 Å². The van der Waals surface area contributed by atoms with Gasteiger partial charge in [-0.3, -0.25) is 9.59 Å². The Bertz CT molecular complexity index is 593. The van der Waals surface area contributed by atoms with Gasteiger partial charge in [-0.05, 0) is 43.7 Å². The van der Waals surface area contributed by atoms with Gasteiger partial charge < -0.3 is 15.2 Å². The van der Waals surface area contributed by atoms with Crippen molar-refractivity contribution in [3.63, 3.8) is 0 Å². The first-order valence-electron chi connectivity index (χ1n) is 9.70. The van der Waals surface area contributed by atoms with E-state index in [9.17, 15) is 9.59 Å². The molecule has 0 radical (unpaired) electrons. The van der Waals surface area contributed by atoms with Crippen molar-refractivity contribution in [2.45, 2.75) is 63.7 Å². The second kappa shape index (κ2) is 10.3. The van der Waals surface area contributed by atoms with Crippen molar-refractivity contribution in [1.82, 2.24) is 5.32 Å². The van der Waals surface area contributed by atoms with Crippen LogP contribution >= 0.6 is 0 Å². The van der Waals surface area contributed by atoms with Gasteiger partial charge >= 0.3 is 5.97 Å². The van der Waals surface area contributed by atoms with Crippen molar-refractivity contribution < 1.29 is 19.4 Å². The molecule has 2 rings (SSSR count). The number of carboxylic acid groups (broad SMARTS) is 1. The molecule has 1 aliphatic rings. The van der Waals surface area contributed by atoms with Gasteiger partial charge in [0.2, 0.25) is 5.91 Å². The zero-order valence-electron chi connectivity index (χ0n) is 15.8. The molecule has 0 bridgehead atoms. The maximum absolute atomic E-state index is 13.1. The summed E-state index contributed by atoms with van der Waals surface area (Å²) >= 11 is 0. The molecule has 26 heavy (non-hydrogen) atoms. The van der Waals surface area contributed by atoms with Crippen LogP contribution in [0.25, 0.3) is 0 Å². The quantitative estimate of drug-likeness (QED) is 0.625. The molecular formula is C21H31NO4. The van der Waals surface area contributed by atoms with E-state index in [1.807, 2.05) is 12.1 Å². The van der Waals surface area contributed by atoms with E-state index in [2.05, 4.69) is 24.4 Å². The number of hydrogen-bond donors (Lipinski definition) is 2. The van der Waals surface area contributed by atoms with Crippen LogP contribution in [0.4, 0.5) is 0 Å². The summed E-state index contributed by atoms with van der Waals surface area (Å²) in [5, 5.41) is 11.8. The fourth-order valence-corrected chi connectivity index (χ4v) is 3.75. The average Bonchev–Trinajstić information content (AvgIpc) is 2.64. The molecule has 1 aromatic carbocycles. The third-order valence-corrected chi connectivity index (χ3v) is 5.29. The smallest absolute Gasteiger partial charge is 0.303 e. The van der Waals surface area contributed by atoms with Gasteiger partial charge in [0.05, 0.1) is 5.41 Å². The largest absolute Gasteiger partial charge is 0.481 e. The summed E-state index contributed by atoms with van der Waals surface area (Å²) in [4.78, 5) is 23.5. The van der Waals surface area contributed by atoms with Gasteiger partial charge in [0.25, 0.3) is 0 Å². The lowest BCUT2D eigenvalue weighted by molar-refractivity contribution is -0.137. The summed E-state index contributed by atoms with van der Waals surface area (Å²) in [5.74, 6) is -0.615. The molecule has 1 amide bonds. The predicted molar refractivity (Wildman–Crippen MR) is 101 cm³/mol. The number of ether oxygens (including phenoxy) is 1. The number of nitrogens with one attached hydrogen (secondary N) is 1. The number of carboxylic acids is 1. The van der Waals surface area contributed by atoms with Gasteiger partial charge in [-0.15, -0.1) is 0 Å².